The zero-order valence-electron chi connectivity index (χ0n) is 14.1. The van der Waals surface area contributed by atoms with Gasteiger partial charge in [0.05, 0.1) is 11.6 Å². The first-order chi connectivity index (χ1) is 12.7. The van der Waals surface area contributed by atoms with E-state index in [0.29, 0.717) is 17.7 Å². The first-order valence-electron chi connectivity index (χ1n) is 8.19. The summed E-state index contributed by atoms with van der Waals surface area (Å²) in [5.74, 6) is 6.01. The molecular formula is C23H16N2O. The van der Waals surface area contributed by atoms with Gasteiger partial charge in [0, 0.05) is 23.2 Å². The van der Waals surface area contributed by atoms with Gasteiger partial charge in [-0.05, 0) is 48.0 Å². The molecule has 0 aromatic heterocycles. The van der Waals surface area contributed by atoms with Crippen LogP contribution < -0.4 is 5.32 Å². The van der Waals surface area contributed by atoms with Crippen molar-refractivity contribution in [2.75, 3.05) is 0 Å². The third kappa shape index (κ3) is 4.60. The van der Waals surface area contributed by atoms with Crippen LogP contribution in [0.3, 0.4) is 0 Å². The fourth-order valence-electron chi connectivity index (χ4n) is 2.39. The second-order valence-electron chi connectivity index (χ2n) is 5.69. The summed E-state index contributed by atoms with van der Waals surface area (Å²) in [5.41, 5.74) is 3.84. The van der Waals surface area contributed by atoms with Gasteiger partial charge in [-0.2, -0.15) is 5.26 Å². The molecular weight excluding hydrogens is 320 g/mol. The van der Waals surface area contributed by atoms with Crippen molar-refractivity contribution in [2.24, 2.45) is 0 Å². The number of hydrogen-bond donors (Lipinski definition) is 1. The number of nitrogens with zero attached hydrogens (tertiary/aromatic N) is 1. The van der Waals surface area contributed by atoms with E-state index in [2.05, 4.69) is 23.2 Å². The second-order valence-corrected chi connectivity index (χ2v) is 5.69. The summed E-state index contributed by atoms with van der Waals surface area (Å²) in [6.45, 7) is 0.407. The van der Waals surface area contributed by atoms with E-state index < -0.39 is 0 Å². The lowest BCUT2D eigenvalue weighted by Gasteiger charge is -2.06. The zero-order chi connectivity index (χ0) is 18.2. The molecule has 0 fully saturated rings. The first-order valence-corrected chi connectivity index (χ1v) is 8.19. The third-order valence-corrected chi connectivity index (χ3v) is 3.79. The van der Waals surface area contributed by atoms with Crippen LogP contribution in [-0.4, -0.2) is 5.91 Å². The summed E-state index contributed by atoms with van der Waals surface area (Å²) in [7, 11) is 0. The average Bonchev–Trinajstić information content (AvgIpc) is 2.72. The van der Waals surface area contributed by atoms with Crippen molar-refractivity contribution in [1.82, 2.24) is 5.32 Å². The van der Waals surface area contributed by atoms with Gasteiger partial charge in [0.25, 0.3) is 5.91 Å². The van der Waals surface area contributed by atoms with Crippen LogP contribution in [-0.2, 0) is 6.54 Å². The minimum absolute atomic E-state index is 0.155. The van der Waals surface area contributed by atoms with E-state index in [1.807, 2.05) is 54.6 Å². The van der Waals surface area contributed by atoms with Crippen molar-refractivity contribution in [2.45, 2.75) is 6.54 Å². The summed E-state index contributed by atoms with van der Waals surface area (Å²) in [4.78, 5) is 12.4. The molecule has 0 atom stereocenters. The molecule has 0 aliphatic heterocycles. The van der Waals surface area contributed by atoms with Gasteiger partial charge in [0.2, 0.25) is 0 Å². The molecule has 0 unspecified atom stereocenters. The van der Waals surface area contributed by atoms with Gasteiger partial charge in [-0.1, -0.05) is 48.2 Å². The Labute approximate surface area is 152 Å². The predicted molar refractivity (Wildman–Crippen MR) is 101 cm³/mol. The minimum Gasteiger partial charge on any atom is -0.348 e. The number of carbonyl (C=O) groups excluding carboxylic acids is 1. The van der Waals surface area contributed by atoms with Gasteiger partial charge in [-0.3, -0.25) is 4.79 Å². The quantitative estimate of drug-likeness (QED) is 0.738. The third-order valence-electron chi connectivity index (χ3n) is 3.79. The highest BCUT2D eigenvalue weighted by Gasteiger charge is 2.05. The smallest absolute Gasteiger partial charge is 0.251 e. The Balaban J connectivity index is 1.66. The lowest BCUT2D eigenvalue weighted by Crippen LogP contribution is -2.22. The molecule has 3 nitrogen and oxygen atoms in total. The van der Waals surface area contributed by atoms with E-state index >= 15 is 0 Å². The Morgan fingerprint density at radius 2 is 1.50 bits per heavy atom. The summed E-state index contributed by atoms with van der Waals surface area (Å²) < 4.78 is 0. The van der Waals surface area contributed by atoms with Crippen LogP contribution in [0.15, 0.2) is 78.9 Å². The maximum absolute atomic E-state index is 12.4. The second kappa shape index (κ2) is 8.33. The average molecular weight is 336 g/mol. The van der Waals surface area contributed by atoms with E-state index in [0.717, 1.165) is 16.7 Å². The van der Waals surface area contributed by atoms with Gasteiger partial charge in [-0.15, -0.1) is 0 Å². The molecule has 124 valence electrons. The molecule has 1 N–H and O–H groups in total. The summed E-state index contributed by atoms with van der Waals surface area (Å²) in [6, 6.07) is 26.2. The minimum atomic E-state index is -0.155. The molecule has 0 bridgehead atoms. The molecule has 26 heavy (non-hydrogen) atoms. The summed E-state index contributed by atoms with van der Waals surface area (Å²) in [5, 5.41) is 11.7. The van der Waals surface area contributed by atoms with Gasteiger partial charge in [-0.25, -0.2) is 0 Å². The summed E-state index contributed by atoms with van der Waals surface area (Å²) in [6.07, 6.45) is 0. The summed E-state index contributed by atoms with van der Waals surface area (Å²) >= 11 is 0. The molecule has 3 heteroatoms. The Hall–Kier alpha value is -3.82. The molecule has 3 aromatic rings. The zero-order valence-corrected chi connectivity index (χ0v) is 14.1. The van der Waals surface area contributed by atoms with Crippen molar-refractivity contribution in [3.63, 3.8) is 0 Å². The van der Waals surface area contributed by atoms with Crippen molar-refractivity contribution >= 4 is 5.91 Å². The molecule has 3 aromatic carbocycles. The molecule has 3 rings (SSSR count). The topological polar surface area (TPSA) is 52.9 Å². The van der Waals surface area contributed by atoms with Crippen LogP contribution in [0.5, 0.6) is 0 Å². The van der Waals surface area contributed by atoms with Crippen molar-refractivity contribution < 1.29 is 4.79 Å². The fourth-order valence-corrected chi connectivity index (χ4v) is 2.39. The molecule has 0 aliphatic carbocycles. The Morgan fingerprint density at radius 3 is 2.23 bits per heavy atom. The monoisotopic (exact) mass is 336 g/mol. The number of amides is 1. The molecule has 0 aliphatic rings. The maximum atomic E-state index is 12.4. The maximum Gasteiger partial charge on any atom is 0.251 e. The molecule has 0 heterocycles. The van der Waals surface area contributed by atoms with Crippen LogP contribution in [0.1, 0.15) is 32.6 Å². The van der Waals surface area contributed by atoms with Crippen LogP contribution in [0.2, 0.25) is 0 Å². The van der Waals surface area contributed by atoms with Crippen LogP contribution in [0.25, 0.3) is 0 Å². The van der Waals surface area contributed by atoms with Gasteiger partial charge in [0.15, 0.2) is 0 Å². The van der Waals surface area contributed by atoms with E-state index in [9.17, 15) is 4.79 Å². The molecule has 0 saturated carbocycles. The van der Waals surface area contributed by atoms with E-state index in [-0.39, 0.29) is 5.91 Å². The standard InChI is InChI=1S/C23H16N2O/c24-16-20-11-13-21(14-12-20)17-25-23(26)22-8-4-7-19(15-22)10-9-18-5-2-1-3-6-18/h1-8,11-15H,17H2,(H,25,26). The number of carbonyl (C=O) groups is 1. The molecule has 0 saturated heterocycles. The van der Waals surface area contributed by atoms with Crippen molar-refractivity contribution in [3.8, 4) is 17.9 Å². The fraction of sp³-hybridized carbons (Fsp3) is 0.0435. The van der Waals surface area contributed by atoms with Crippen molar-refractivity contribution in [1.29, 1.82) is 5.26 Å². The number of nitrogens with one attached hydrogen (secondary N) is 1. The van der Waals surface area contributed by atoms with Gasteiger partial charge >= 0.3 is 0 Å². The molecule has 1 amide bonds. The largest absolute Gasteiger partial charge is 0.348 e. The Kier molecular flexibility index (Phi) is 5.45. The van der Waals surface area contributed by atoms with E-state index in [4.69, 9.17) is 5.26 Å². The van der Waals surface area contributed by atoms with E-state index in [1.165, 1.54) is 0 Å². The molecule has 0 radical (unpaired) electrons. The number of benzene rings is 3. The van der Waals surface area contributed by atoms with Gasteiger partial charge in [0.1, 0.15) is 0 Å². The van der Waals surface area contributed by atoms with Crippen LogP contribution in [0.4, 0.5) is 0 Å². The van der Waals surface area contributed by atoms with Crippen LogP contribution in [0, 0.1) is 23.2 Å². The SMILES string of the molecule is N#Cc1ccc(CNC(=O)c2cccc(C#Cc3ccccc3)c2)cc1. The highest BCUT2D eigenvalue weighted by atomic mass is 16.1. The highest BCUT2D eigenvalue weighted by molar-refractivity contribution is 5.94. The van der Waals surface area contributed by atoms with E-state index in [1.54, 1.807) is 24.3 Å². The predicted octanol–water partition coefficient (Wildman–Crippen LogP) is 3.89. The highest BCUT2D eigenvalue weighted by Crippen LogP contribution is 2.07. The lowest BCUT2D eigenvalue weighted by molar-refractivity contribution is 0.0951. The lowest BCUT2D eigenvalue weighted by atomic mass is 10.1. The van der Waals surface area contributed by atoms with Crippen molar-refractivity contribution in [3.05, 3.63) is 107 Å². The number of rotatable bonds is 3. The number of nitriles is 1. The van der Waals surface area contributed by atoms with Crippen LogP contribution >= 0.6 is 0 Å². The number of hydrogen-bond acceptors (Lipinski definition) is 2. The van der Waals surface area contributed by atoms with Gasteiger partial charge < -0.3 is 5.32 Å². The first kappa shape index (κ1) is 17.0. The molecule has 0 spiro atoms. The Bertz CT molecular complexity index is 1000. The Morgan fingerprint density at radius 1 is 0.808 bits per heavy atom. The normalized spacial score (nSPS) is 9.50.